The molecule has 0 fully saturated rings. The Kier molecular flexibility index (Phi) is 5.75. The van der Waals surface area contributed by atoms with Crippen LogP contribution in [0.1, 0.15) is 46.1 Å². The molecule has 0 aliphatic carbocycles. The molecule has 0 spiro atoms. The van der Waals surface area contributed by atoms with E-state index in [1.807, 2.05) is 26.1 Å². The Balaban J connectivity index is 2.59. The summed E-state index contributed by atoms with van der Waals surface area (Å²) in [5.74, 6) is 1.58. The number of pyridine rings is 1. The number of rotatable bonds is 6. The standard InChI is InChI=1S/C15H23NO/c1-5-13(4)7-6-8-14-9-15(11-16-10-14)17-12(2)3/h6,8-13H,5,7H2,1-4H3/b8-6+/t13-/m1/s1. The molecule has 0 N–H and O–H groups in total. The van der Waals surface area contributed by atoms with E-state index in [1.54, 1.807) is 6.20 Å². The van der Waals surface area contributed by atoms with Gasteiger partial charge in [-0.1, -0.05) is 32.4 Å². The van der Waals surface area contributed by atoms with Crippen LogP contribution in [-0.2, 0) is 0 Å². The van der Waals surface area contributed by atoms with Crippen LogP contribution in [0, 0.1) is 5.92 Å². The minimum atomic E-state index is 0.191. The highest BCUT2D eigenvalue weighted by Crippen LogP contribution is 2.15. The summed E-state index contributed by atoms with van der Waals surface area (Å²) in [7, 11) is 0. The van der Waals surface area contributed by atoms with Gasteiger partial charge in [0.25, 0.3) is 0 Å². The second-order valence-corrected chi connectivity index (χ2v) is 4.77. The lowest BCUT2D eigenvalue weighted by Crippen LogP contribution is -2.05. The summed E-state index contributed by atoms with van der Waals surface area (Å²) in [6.45, 7) is 8.52. The lowest BCUT2D eigenvalue weighted by atomic mass is 10.0. The van der Waals surface area contributed by atoms with Crippen molar-refractivity contribution >= 4 is 6.08 Å². The molecule has 0 saturated carbocycles. The van der Waals surface area contributed by atoms with E-state index in [4.69, 9.17) is 4.74 Å². The van der Waals surface area contributed by atoms with Crippen molar-refractivity contribution in [3.8, 4) is 5.75 Å². The van der Waals surface area contributed by atoms with Crippen LogP contribution in [0.15, 0.2) is 24.5 Å². The quantitative estimate of drug-likeness (QED) is 0.730. The molecule has 0 aliphatic rings. The van der Waals surface area contributed by atoms with Gasteiger partial charge in [0, 0.05) is 6.20 Å². The topological polar surface area (TPSA) is 22.1 Å². The molecule has 1 heterocycles. The predicted octanol–water partition coefficient (Wildman–Crippen LogP) is 4.32. The maximum Gasteiger partial charge on any atom is 0.138 e. The third-order valence-electron chi connectivity index (χ3n) is 2.65. The van der Waals surface area contributed by atoms with Gasteiger partial charge in [0.1, 0.15) is 5.75 Å². The van der Waals surface area contributed by atoms with Gasteiger partial charge in [-0.3, -0.25) is 4.98 Å². The molecule has 1 atom stereocenters. The maximum atomic E-state index is 5.61. The zero-order chi connectivity index (χ0) is 12.7. The van der Waals surface area contributed by atoms with Gasteiger partial charge in [-0.2, -0.15) is 0 Å². The summed E-state index contributed by atoms with van der Waals surface area (Å²) in [5, 5.41) is 0. The second kappa shape index (κ2) is 7.10. The molecule has 0 unspecified atom stereocenters. The van der Waals surface area contributed by atoms with Crippen LogP contribution in [0.2, 0.25) is 0 Å². The fourth-order valence-electron chi connectivity index (χ4n) is 1.47. The van der Waals surface area contributed by atoms with E-state index in [1.165, 1.54) is 6.42 Å². The number of hydrogen-bond acceptors (Lipinski definition) is 2. The van der Waals surface area contributed by atoms with Gasteiger partial charge in [-0.05, 0) is 37.8 Å². The molecule has 2 nitrogen and oxygen atoms in total. The van der Waals surface area contributed by atoms with E-state index in [0.29, 0.717) is 0 Å². The molecule has 2 heteroatoms. The van der Waals surface area contributed by atoms with Gasteiger partial charge >= 0.3 is 0 Å². The molecule has 1 aromatic rings. The van der Waals surface area contributed by atoms with Crippen molar-refractivity contribution in [1.82, 2.24) is 4.98 Å². The van der Waals surface area contributed by atoms with Crippen LogP contribution in [0.25, 0.3) is 6.08 Å². The van der Waals surface area contributed by atoms with Crippen molar-refractivity contribution in [2.45, 2.75) is 46.6 Å². The Bertz CT molecular complexity index is 358. The van der Waals surface area contributed by atoms with Crippen molar-refractivity contribution in [3.63, 3.8) is 0 Å². The van der Waals surface area contributed by atoms with Crippen molar-refractivity contribution < 1.29 is 4.74 Å². The molecule has 0 bridgehead atoms. The molecule has 1 rings (SSSR count). The van der Waals surface area contributed by atoms with Gasteiger partial charge in [0.05, 0.1) is 12.3 Å². The number of ether oxygens (including phenoxy) is 1. The zero-order valence-corrected chi connectivity index (χ0v) is 11.3. The van der Waals surface area contributed by atoms with Crippen molar-refractivity contribution in [3.05, 3.63) is 30.1 Å². The Labute approximate surface area is 105 Å². The van der Waals surface area contributed by atoms with Crippen LogP contribution < -0.4 is 4.74 Å². The molecule has 94 valence electrons. The van der Waals surface area contributed by atoms with Gasteiger partial charge in [-0.25, -0.2) is 0 Å². The lowest BCUT2D eigenvalue weighted by Gasteiger charge is -2.09. The number of nitrogens with zero attached hydrogens (tertiary/aromatic N) is 1. The largest absolute Gasteiger partial charge is 0.489 e. The van der Waals surface area contributed by atoms with Crippen LogP contribution in [0.4, 0.5) is 0 Å². The highest BCUT2D eigenvalue weighted by atomic mass is 16.5. The van der Waals surface area contributed by atoms with Crippen molar-refractivity contribution in [2.75, 3.05) is 0 Å². The van der Waals surface area contributed by atoms with E-state index >= 15 is 0 Å². The van der Waals surface area contributed by atoms with Gasteiger partial charge < -0.3 is 4.74 Å². The highest BCUT2D eigenvalue weighted by Gasteiger charge is 1.99. The molecule has 0 saturated heterocycles. The first-order valence-corrected chi connectivity index (χ1v) is 6.40. The van der Waals surface area contributed by atoms with E-state index in [0.717, 1.165) is 23.7 Å². The summed E-state index contributed by atoms with van der Waals surface area (Å²) in [4.78, 5) is 4.18. The lowest BCUT2D eigenvalue weighted by molar-refractivity contribution is 0.241. The fraction of sp³-hybridized carbons (Fsp3) is 0.533. The van der Waals surface area contributed by atoms with Crippen molar-refractivity contribution in [2.24, 2.45) is 5.92 Å². The molecular formula is C15H23NO. The molecule has 0 radical (unpaired) electrons. The van der Waals surface area contributed by atoms with Crippen LogP contribution in [-0.4, -0.2) is 11.1 Å². The smallest absolute Gasteiger partial charge is 0.138 e. The summed E-state index contributed by atoms with van der Waals surface area (Å²) in [6, 6.07) is 2.03. The molecule has 0 amide bonds. The Morgan fingerprint density at radius 2 is 2.06 bits per heavy atom. The molecular weight excluding hydrogens is 210 g/mol. The Morgan fingerprint density at radius 3 is 2.71 bits per heavy atom. The first-order valence-electron chi connectivity index (χ1n) is 6.40. The maximum absolute atomic E-state index is 5.61. The highest BCUT2D eigenvalue weighted by molar-refractivity contribution is 5.49. The van der Waals surface area contributed by atoms with Gasteiger partial charge in [-0.15, -0.1) is 0 Å². The van der Waals surface area contributed by atoms with Crippen LogP contribution in [0.3, 0.4) is 0 Å². The average Bonchev–Trinajstić information content (AvgIpc) is 2.28. The summed E-state index contributed by atoms with van der Waals surface area (Å²) in [6.07, 6.45) is 10.5. The van der Waals surface area contributed by atoms with E-state index in [9.17, 15) is 0 Å². The third kappa shape index (κ3) is 5.53. The number of hydrogen-bond donors (Lipinski definition) is 0. The van der Waals surface area contributed by atoms with Gasteiger partial charge in [0.15, 0.2) is 0 Å². The molecule has 17 heavy (non-hydrogen) atoms. The fourth-order valence-corrected chi connectivity index (χ4v) is 1.47. The molecule has 1 aromatic heterocycles. The summed E-state index contributed by atoms with van der Waals surface area (Å²) < 4.78 is 5.61. The second-order valence-electron chi connectivity index (χ2n) is 4.77. The minimum absolute atomic E-state index is 0.191. The van der Waals surface area contributed by atoms with E-state index in [-0.39, 0.29) is 6.10 Å². The first kappa shape index (κ1) is 13.8. The Morgan fingerprint density at radius 1 is 1.29 bits per heavy atom. The first-order chi connectivity index (χ1) is 8.11. The summed E-state index contributed by atoms with van der Waals surface area (Å²) in [5.41, 5.74) is 1.10. The van der Waals surface area contributed by atoms with Crippen LogP contribution in [0.5, 0.6) is 5.75 Å². The van der Waals surface area contributed by atoms with Gasteiger partial charge in [0.2, 0.25) is 0 Å². The van der Waals surface area contributed by atoms with E-state index < -0.39 is 0 Å². The zero-order valence-electron chi connectivity index (χ0n) is 11.3. The Hall–Kier alpha value is -1.31. The predicted molar refractivity (Wildman–Crippen MR) is 73.1 cm³/mol. The average molecular weight is 233 g/mol. The summed E-state index contributed by atoms with van der Waals surface area (Å²) >= 11 is 0. The number of allylic oxidation sites excluding steroid dienone is 1. The molecule has 0 aliphatic heterocycles. The number of aromatic nitrogens is 1. The monoisotopic (exact) mass is 233 g/mol. The van der Waals surface area contributed by atoms with Crippen molar-refractivity contribution in [1.29, 1.82) is 0 Å². The SMILES string of the molecule is CC[C@@H](C)C/C=C/c1cncc(OC(C)C)c1. The molecule has 0 aromatic carbocycles. The van der Waals surface area contributed by atoms with E-state index in [2.05, 4.69) is 31.0 Å². The normalized spacial score (nSPS) is 13.2. The third-order valence-corrected chi connectivity index (χ3v) is 2.65. The minimum Gasteiger partial charge on any atom is -0.489 e. The van der Waals surface area contributed by atoms with Crippen LogP contribution >= 0.6 is 0 Å².